The third-order valence-corrected chi connectivity index (χ3v) is 5.85. The van der Waals surface area contributed by atoms with Gasteiger partial charge in [0.05, 0.1) is 11.8 Å². The molecule has 7 nitrogen and oxygen atoms in total. The van der Waals surface area contributed by atoms with Gasteiger partial charge in [0, 0.05) is 43.1 Å². The molecule has 0 aliphatic carbocycles. The number of oxazole rings is 1. The first kappa shape index (κ1) is 21.9. The van der Waals surface area contributed by atoms with E-state index in [2.05, 4.69) is 25.1 Å². The minimum Gasteiger partial charge on any atom is -0.441 e. The van der Waals surface area contributed by atoms with Crippen molar-refractivity contribution in [1.29, 1.82) is 0 Å². The van der Waals surface area contributed by atoms with Gasteiger partial charge in [-0.25, -0.2) is 13.8 Å². The van der Waals surface area contributed by atoms with Crippen molar-refractivity contribution in [3.8, 4) is 22.7 Å². The maximum absolute atomic E-state index is 13.9. The molecule has 0 bridgehead atoms. The number of anilines is 1. The molecule has 9 heteroatoms. The number of carbonyl (C=O) groups excluding carboxylic acids is 1. The molecule has 1 aliphatic rings. The summed E-state index contributed by atoms with van der Waals surface area (Å²) < 4.78 is 34.7. The molecule has 0 atom stereocenters. The van der Waals surface area contributed by atoms with Gasteiger partial charge in [0.25, 0.3) is 0 Å². The van der Waals surface area contributed by atoms with Crippen LogP contribution in [0.25, 0.3) is 22.7 Å². The number of hydrogen-bond donors (Lipinski definition) is 1. The zero-order valence-electron chi connectivity index (χ0n) is 18.4. The molecule has 3 heterocycles. The summed E-state index contributed by atoms with van der Waals surface area (Å²) in [7, 11) is 0. The average Bonchev–Trinajstić information content (AvgIpc) is 3.39. The summed E-state index contributed by atoms with van der Waals surface area (Å²) in [6.45, 7) is 0.923. The van der Waals surface area contributed by atoms with Gasteiger partial charge >= 0.3 is 0 Å². The van der Waals surface area contributed by atoms with Crippen molar-refractivity contribution in [1.82, 2.24) is 19.7 Å². The van der Waals surface area contributed by atoms with Crippen molar-refractivity contribution in [3.05, 3.63) is 72.0 Å². The molecule has 0 spiro atoms. The van der Waals surface area contributed by atoms with E-state index in [9.17, 15) is 13.6 Å². The number of amides is 1. The second-order valence-corrected chi connectivity index (χ2v) is 8.27. The first-order valence-corrected chi connectivity index (χ1v) is 11.3. The van der Waals surface area contributed by atoms with Crippen molar-refractivity contribution in [2.45, 2.75) is 45.1 Å². The Morgan fingerprint density at radius 2 is 1.91 bits per heavy atom. The molecule has 2 aromatic carbocycles. The van der Waals surface area contributed by atoms with Gasteiger partial charge in [0.1, 0.15) is 17.5 Å². The van der Waals surface area contributed by atoms with Gasteiger partial charge in [-0.15, -0.1) is 10.2 Å². The van der Waals surface area contributed by atoms with E-state index >= 15 is 0 Å². The summed E-state index contributed by atoms with van der Waals surface area (Å²) in [5.74, 6) is 0.783. The number of hydrogen-bond acceptors (Lipinski definition) is 5. The Hall–Kier alpha value is -3.88. The summed E-state index contributed by atoms with van der Waals surface area (Å²) in [4.78, 5) is 16.5. The Morgan fingerprint density at radius 1 is 1.06 bits per heavy atom. The van der Waals surface area contributed by atoms with Crippen LogP contribution in [-0.4, -0.2) is 25.7 Å². The number of nitrogens with one attached hydrogen (secondary N) is 1. The number of fused-ring (bicyclic) bond motifs is 1. The fourth-order valence-electron chi connectivity index (χ4n) is 4.08. The highest BCUT2D eigenvalue weighted by Crippen LogP contribution is 2.26. The standard InChI is InChI=1S/C25H23F2N5O2/c26-17-7-10-19(20(27)14-17)21-15-28-24(34-21)12-11-23(33)29-18-8-5-16(6-9-18)25-31-30-22-4-2-1-3-13-32(22)25/h5-10,14-15H,1-4,11-13H2,(H,29,33). The van der Waals surface area contributed by atoms with Crippen LogP contribution in [-0.2, 0) is 24.2 Å². The lowest BCUT2D eigenvalue weighted by molar-refractivity contribution is -0.116. The number of aromatic nitrogens is 4. The number of halogens is 2. The van der Waals surface area contributed by atoms with E-state index in [1.165, 1.54) is 18.7 Å². The summed E-state index contributed by atoms with van der Waals surface area (Å²) >= 11 is 0. The van der Waals surface area contributed by atoms with Gasteiger partial charge in [0.15, 0.2) is 17.5 Å². The van der Waals surface area contributed by atoms with E-state index in [0.717, 1.165) is 55.2 Å². The summed E-state index contributed by atoms with van der Waals surface area (Å²) in [6, 6.07) is 10.8. The Balaban J connectivity index is 1.18. The topological polar surface area (TPSA) is 85.8 Å². The molecule has 1 aliphatic heterocycles. The molecule has 34 heavy (non-hydrogen) atoms. The second-order valence-electron chi connectivity index (χ2n) is 8.27. The SMILES string of the molecule is O=C(CCc1ncc(-c2ccc(F)cc2F)o1)Nc1ccc(-c2nnc3n2CCCCC3)cc1. The van der Waals surface area contributed by atoms with Gasteiger partial charge in [-0.05, 0) is 49.2 Å². The second kappa shape index (κ2) is 9.54. The lowest BCUT2D eigenvalue weighted by atomic mass is 10.2. The molecular formula is C25H23F2N5O2. The van der Waals surface area contributed by atoms with E-state index in [1.54, 1.807) is 0 Å². The third kappa shape index (κ3) is 4.73. The molecule has 1 amide bonds. The molecule has 4 aromatic rings. The number of aryl methyl sites for hydroxylation is 2. The Morgan fingerprint density at radius 3 is 2.74 bits per heavy atom. The molecule has 0 saturated carbocycles. The highest BCUT2D eigenvalue weighted by atomic mass is 19.1. The first-order valence-electron chi connectivity index (χ1n) is 11.3. The lowest BCUT2D eigenvalue weighted by Gasteiger charge is -2.08. The van der Waals surface area contributed by atoms with Crippen molar-refractivity contribution in [2.24, 2.45) is 0 Å². The van der Waals surface area contributed by atoms with Crippen molar-refractivity contribution in [3.63, 3.8) is 0 Å². The molecule has 0 fully saturated rings. The maximum atomic E-state index is 13.9. The van der Waals surface area contributed by atoms with Crippen LogP contribution in [0.1, 0.15) is 37.4 Å². The van der Waals surface area contributed by atoms with E-state index in [-0.39, 0.29) is 30.1 Å². The highest BCUT2D eigenvalue weighted by Gasteiger charge is 2.16. The predicted octanol–water partition coefficient (Wildman–Crippen LogP) is 5.18. The Bertz CT molecular complexity index is 1310. The quantitative estimate of drug-likeness (QED) is 0.426. The van der Waals surface area contributed by atoms with E-state index in [1.807, 2.05) is 24.3 Å². The molecule has 5 rings (SSSR count). The number of rotatable bonds is 6. The van der Waals surface area contributed by atoms with Gasteiger partial charge in [-0.1, -0.05) is 6.42 Å². The molecule has 1 N–H and O–H groups in total. The minimum atomic E-state index is -0.730. The molecule has 0 unspecified atom stereocenters. The van der Waals surface area contributed by atoms with Crippen LogP contribution in [0.3, 0.4) is 0 Å². The van der Waals surface area contributed by atoms with Gasteiger partial charge in [-0.2, -0.15) is 0 Å². The average molecular weight is 463 g/mol. The van der Waals surface area contributed by atoms with Crippen LogP contribution < -0.4 is 5.32 Å². The molecule has 0 saturated heterocycles. The molecular weight excluding hydrogens is 440 g/mol. The van der Waals surface area contributed by atoms with Crippen LogP contribution in [0, 0.1) is 11.6 Å². The third-order valence-electron chi connectivity index (χ3n) is 5.85. The zero-order chi connectivity index (χ0) is 23.5. The highest BCUT2D eigenvalue weighted by molar-refractivity contribution is 5.91. The predicted molar refractivity (Wildman–Crippen MR) is 122 cm³/mol. The van der Waals surface area contributed by atoms with Crippen molar-refractivity contribution in [2.75, 3.05) is 5.32 Å². The van der Waals surface area contributed by atoms with E-state index < -0.39 is 11.6 Å². The van der Waals surface area contributed by atoms with Crippen LogP contribution in [0.5, 0.6) is 0 Å². The number of nitrogens with zero attached hydrogens (tertiary/aromatic N) is 4. The van der Waals surface area contributed by atoms with Crippen molar-refractivity contribution < 1.29 is 18.0 Å². The van der Waals surface area contributed by atoms with Crippen LogP contribution in [0.4, 0.5) is 14.5 Å². The fourth-order valence-corrected chi connectivity index (χ4v) is 4.08. The smallest absolute Gasteiger partial charge is 0.224 e. The first-order chi connectivity index (χ1) is 16.6. The zero-order valence-corrected chi connectivity index (χ0v) is 18.4. The number of benzene rings is 2. The summed E-state index contributed by atoms with van der Waals surface area (Å²) in [6.07, 6.45) is 6.17. The summed E-state index contributed by atoms with van der Waals surface area (Å²) in [5.41, 5.74) is 1.75. The maximum Gasteiger partial charge on any atom is 0.224 e. The monoisotopic (exact) mass is 463 g/mol. The van der Waals surface area contributed by atoms with Gasteiger partial charge < -0.3 is 14.3 Å². The van der Waals surface area contributed by atoms with E-state index in [4.69, 9.17) is 4.42 Å². The Kier molecular flexibility index (Phi) is 6.16. The number of carbonyl (C=O) groups is 1. The van der Waals surface area contributed by atoms with E-state index in [0.29, 0.717) is 11.6 Å². The Labute approximate surface area is 194 Å². The molecule has 174 valence electrons. The normalized spacial score (nSPS) is 13.4. The van der Waals surface area contributed by atoms with Crippen LogP contribution in [0.15, 0.2) is 53.1 Å². The largest absolute Gasteiger partial charge is 0.441 e. The molecule has 0 radical (unpaired) electrons. The summed E-state index contributed by atoms with van der Waals surface area (Å²) in [5, 5.41) is 11.6. The minimum absolute atomic E-state index is 0.120. The fraction of sp³-hybridized carbons (Fsp3) is 0.280. The van der Waals surface area contributed by atoms with Gasteiger partial charge in [0.2, 0.25) is 5.91 Å². The lowest BCUT2D eigenvalue weighted by Crippen LogP contribution is -2.12. The van der Waals surface area contributed by atoms with Gasteiger partial charge in [-0.3, -0.25) is 4.79 Å². The van der Waals surface area contributed by atoms with Crippen molar-refractivity contribution >= 4 is 11.6 Å². The molecule has 2 aromatic heterocycles. The van der Waals surface area contributed by atoms with Crippen LogP contribution >= 0.6 is 0 Å². The van der Waals surface area contributed by atoms with Crippen LogP contribution in [0.2, 0.25) is 0 Å².